The standard InChI is InChI=1S/C20H14Cl2N4O5S/c21-15-3-8-18(9-4-15)32(30,31)25-16-5-1-13(2-6-16)20(27)24-23-12-14-11-17(26(28)29)7-10-19(14)22/h1-12,25H,(H,24,27)/b23-12+. The molecule has 0 radical (unpaired) electrons. The molecule has 3 rings (SSSR count). The molecule has 3 aromatic rings. The van der Waals surface area contributed by atoms with Gasteiger partial charge in [-0.3, -0.25) is 19.6 Å². The molecule has 0 bridgehead atoms. The first-order valence-electron chi connectivity index (χ1n) is 8.81. The number of benzene rings is 3. The fourth-order valence-corrected chi connectivity index (χ4v) is 3.84. The van der Waals surface area contributed by atoms with E-state index in [1.807, 2.05) is 0 Å². The average Bonchev–Trinajstić information content (AvgIpc) is 2.75. The van der Waals surface area contributed by atoms with Crippen molar-refractivity contribution >= 4 is 56.7 Å². The summed E-state index contributed by atoms with van der Waals surface area (Å²) >= 11 is 11.7. The molecule has 0 spiro atoms. The topological polar surface area (TPSA) is 131 Å². The van der Waals surface area contributed by atoms with Gasteiger partial charge in [-0.15, -0.1) is 0 Å². The minimum absolute atomic E-state index is 0.0397. The number of carbonyl (C=O) groups excluding carboxylic acids is 1. The Bertz CT molecular complexity index is 1290. The van der Waals surface area contributed by atoms with Crippen LogP contribution >= 0.6 is 23.2 Å². The molecule has 0 unspecified atom stereocenters. The third kappa shape index (κ3) is 5.82. The molecule has 0 atom stereocenters. The van der Waals surface area contributed by atoms with Crippen LogP contribution in [-0.4, -0.2) is 25.5 Å². The maximum absolute atomic E-state index is 12.4. The molecule has 0 aliphatic heterocycles. The summed E-state index contributed by atoms with van der Waals surface area (Å²) in [6.07, 6.45) is 1.18. The Balaban J connectivity index is 1.65. The number of non-ortho nitro benzene ring substituents is 1. The largest absolute Gasteiger partial charge is 0.280 e. The molecular formula is C20H14Cl2N4O5S. The molecule has 3 aromatic carbocycles. The Hall–Kier alpha value is -3.47. The van der Waals surface area contributed by atoms with E-state index in [1.165, 1.54) is 72.9 Å². The van der Waals surface area contributed by atoms with Crippen LogP contribution in [0.15, 0.2) is 76.7 Å². The van der Waals surface area contributed by atoms with Crippen LogP contribution in [0, 0.1) is 10.1 Å². The van der Waals surface area contributed by atoms with Crippen molar-refractivity contribution < 1.29 is 18.1 Å². The lowest BCUT2D eigenvalue weighted by Crippen LogP contribution is -2.18. The first-order valence-corrected chi connectivity index (χ1v) is 11.1. The number of rotatable bonds is 7. The number of hydrogen-bond donors (Lipinski definition) is 2. The molecule has 0 heterocycles. The van der Waals surface area contributed by atoms with Crippen molar-refractivity contribution in [1.29, 1.82) is 0 Å². The van der Waals surface area contributed by atoms with Gasteiger partial charge in [0, 0.05) is 39.0 Å². The number of carbonyl (C=O) groups is 1. The van der Waals surface area contributed by atoms with Gasteiger partial charge in [-0.2, -0.15) is 5.10 Å². The van der Waals surface area contributed by atoms with E-state index < -0.39 is 20.9 Å². The van der Waals surface area contributed by atoms with Crippen LogP contribution < -0.4 is 10.1 Å². The molecule has 0 aromatic heterocycles. The van der Waals surface area contributed by atoms with Gasteiger partial charge in [0.2, 0.25) is 0 Å². The second-order valence-corrected chi connectivity index (χ2v) is 8.82. The first kappa shape index (κ1) is 23.2. The summed E-state index contributed by atoms with van der Waals surface area (Å²) in [5, 5.41) is 15.2. The van der Waals surface area contributed by atoms with Crippen LogP contribution in [0.5, 0.6) is 0 Å². The van der Waals surface area contributed by atoms with Crippen molar-refractivity contribution in [2.75, 3.05) is 4.72 Å². The highest BCUT2D eigenvalue weighted by atomic mass is 35.5. The van der Waals surface area contributed by atoms with Gasteiger partial charge in [-0.05, 0) is 54.6 Å². The quantitative estimate of drug-likeness (QED) is 0.285. The molecule has 1 amide bonds. The highest BCUT2D eigenvalue weighted by molar-refractivity contribution is 7.92. The summed E-state index contributed by atoms with van der Waals surface area (Å²) in [5.41, 5.74) is 2.83. The number of sulfonamides is 1. The number of hydrogen-bond acceptors (Lipinski definition) is 6. The van der Waals surface area contributed by atoms with Crippen LogP contribution in [-0.2, 0) is 10.0 Å². The average molecular weight is 493 g/mol. The number of nitro groups is 1. The number of anilines is 1. The predicted molar refractivity (Wildman–Crippen MR) is 122 cm³/mol. The van der Waals surface area contributed by atoms with Crippen LogP contribution in [0.2, 0.25) is 10.0 Å². The predicted octanol–water partition coefficient (Wildman–Crippen LogP) is 4.47. The molecule has 32 heavy (non-hydrogen) atoms. The third-order valence-electron chi connectivity index (χ3n) is 4.08. The zero-order chi connectivity index (χ0) is 23.3. The summed E-state index contributed by atoms with van der Waals surface area (Å²) in [6, 6.07) is 15.2. The smallest absolute Gasteiger partial charge is 0.271 e. The van der Waals surface area contributed by atoms with Crippen LogP contribution in [0.1, 0.15) is 15.9 Å². The Morgan fingerprint density at radius 3 is 2.28 bits per heavy atom. The maximum atomic E-state index is 12.4. The van der Waals surface area contributed by atoms with Crippen molar-refractivity contribution in [2.24, 2.45) is 5.10 Å². The van der Waals surface area contributed by atoms with Gasteiger partial charge in [-0.25, -0.2) is 13.8 Å². The Morgan fingerprint density at radius 1 is 1.00 bits per heavy atom. The van der Waals surface area contributed by atoms with Gasteiger partial charge in [0.15, 0.2) is 0 Å². The second-order valence-electron chi connectivity index (χ2n) is 6.30. The molecule has 0 aliphatic rings. The molecule has 2 N–H and O–H groups in total. The molecule has 0 aliphatic carbocycles. The summed E-state index contributed by atoms with van der Waals surface area (Å²) in [4.78, 5) is 22.5. The van der Waals surface area contributed by atoms with E-state index in [4.69, 9.17) is 23.2 Å². The molecule has 0 saturated heterocycles. The highest BCUT2D eigenvalue weighted by Crippen LogP contribution is 2.21. The number of halogens is 2. The SMILES string of the molecule is O=C(N/N=C/c1cc([N+](=O)[O-])ccc1Cl)c1ccc(NS(=O)(=O)c2ccc(Cl)cc2)cc1. The zero-order valence-corrected chi connectivity index (χ0v) is 18.4. The van der Waals surface area contributed by atoms with E-state index in [-0.39, 0.29) is 32.4 Å². The Morgan fingerprint density at radius 2 is 1.66 bits per heavy atom. The van der Waals surface area contributed by atoms with Gasteiger partial charge < -0.3 is 0 Å². The van der Waals surface area contributed by atoms with E-state index in [2.05, 4.69) is 15.2 Å². The third-order valence-corrected chi connectivity index (χ3v) is 6.08. The number of nitro benzene ring substituents is 1. The molecule has 0 saturated carbocycles. The molecule has 164 valence electrons. The van der Waals surface area contributed by atoms with Crippen LogP contribution in [0.4, 0.5) is 11.4 Å². The van der Waals surface area contributed by atoms with Gasteiger partial charge in [0.1, 0.15) is 0 Å². The summed E-state index contributed by atoms with van der Waals surface area (Å²) in [6.45, 7) is 0. The number of amides is 1. The van der Waals surface area contributed by atoms with E-state index in [0.29, 0.717) is 5.02 Å². The van der Waals surface area contributed by atoms with Crippen LogP contribution in [0.3, 0.4) is 0 Å². The number of hydrazone groups is 1. The van der Waals surface area contributed by atoms with Crippen molar-refractivity contribution in [1.82, 2.24) is 5.43 Å². The molecule has 12 heteroatoms. The zero-order valence-electron chi connectivity index (χ0n) is 16.0. The summed E-state index contributed by atoms with van der Waals surface area (Å²) < 4.78 is 27.2. The van der Waals surface area contributed by atoms with Gasteiger partial charge in [-0.1, -0.05) is 23.2 Å². The number of nitrogens with one attached hydrogen (secondary N) is 2. The molecule has 9 nitrogen and oxygen atoms in total. The van der Waals surface area contributed by atoms with Crippen molar-refractivity contribution in [3.05, 3.63) is 98.0 Å². The summed E-state index contributed by atoms with van der Waals surface area (Å²) in [7, 11) is -3.81. The molecule has 0 fully saturated rings. The Labute approximate surface area is 192 Å². The van der Waals surface area contributed by atoms with Crippen molar-refractivity contribution in [2.45, 2.75) is 4.90 Å². The summed E-state index contributed by atoms with van der Waals surface area (Å²) in [5.74, 6) is -0.574. The fourth-order valence-electron chi connectivity index (χ4n) is 2.49. The van der Waals surface area contributed by atoms with E-state index in [1.54, 1.807) is 0 Å². The minimum atomic E-state index is -3.81. The van der Waals surface area contributed by atoms with Gasteiger partial charge in [0.05, 0.1) is 16.0 Å². The lowest BCUT2D eigenvalue weighted by molar-refractivity contribution is -0.384. The minimum Gasteiger partial charge on any atom is -0.280 e. The van der Waals surface area contributed by atoms with Crippen molar-refractivity contribution in [3.8, 4) is 0 Å². The normalized spacial score (nSPS) is 11.3. The number of nitrogens with zero attached hydrogens (tertiary/aromatic N) is 2. The van der Waals surface area contributed by atoms with Gasteiger partial charge in [0.25, 0.3) is 21.6 Å². The Kier molecular flexibility index (Phi) is 7.08. The van der Waals surface area contributed by atoms with E-state index in [0.717, 1.165) is 0 Å². The lowest BCUT2D eigenvalue weighted by atomic mass is 10.2. The highest BCUT2D eigenvalue weighted by Gasteiger charge is 2.14. The van der Waals surface area contributed by atoms with Crippen LogP contribution in [0.25, 0.3) is 0 Å². The fraction of sp³-hybridized carbons (Fsp3) is 0. The van der Waals surface area contributed by atoms with Gasteiger partial charge >= 0.3 is 0 Å². The molecular weight excluding hydrogens is 479 g/mol. The monoisotopic (exact) mass is 492 g/mol. The lowest BCUT2D eigenvalue weighted by Gasteiger charge is -2.09. The van der Waals surface area contributed by atoms with Crippen molar-refractivity contribution in [3.63, 3.8) is 0 Å². The maximum Gasteiger partial charge on any atom is 0.271 e. The van der Waals surface area contributed by atoms with E-state index >= 15 is 0 Å². The first-order chi connectivity index (χ1) is 15.2. The van der Waals surface area contributed by atoms with E-state index in [9.17, 15) is 23.3 Å². The second kappa shape index (κ2) is 9.77.